The second-order valence-corrected chi connectivity index (χ2v) is 10.7. The number of aliphatic carboxylic acids is 4. The van der Waals surface area contributed by atoms with Crippen molar-refractivity contribution < 1.29 is 63.6 Å². The van der Waals surface area contributed by atoms with Gasteiger partial charge in [0.1, 0.15) is 37.3 Å². The molecule has 0 aliphatic carbocycles. The highest BCUT2D eigenvalue weighted by atomic mass is 32.2. The van der Waals surface area contributed by atoms with Gasteiger partial charge in [0.25, 0.3) is 0 Å². The van der Waals surface area contributed by atoms with Gasteiger partial charge in [0, 0.05) is 24.3 Å². The van der Waals surface area contributed by atoms with Crippen molar-refractivity contribution in [3.05, 3.63) is 0 Å². The predicted octanol–water partition coefficient (Wildman–Crippen LogP) is -4.27. The molecule has 0 bridgehead atoms. The largest absolute Gasteiger partial charge is 0.480 e. The Kier molecular flexibility index (Phi) is 18.9. The molecule has 0 aromatic carbocycles. The van der Waals surface area contributed by atoms with Crippen molar-refractivity contribution in [2.24, 2.45) is 11.5 Å². The first-order valence-electron chi connectivity index (χ1n) is 12.3. The lowest BCUT2D eigenvalue weighted by atomic mass is 10.1. The van der Waals surface area contributed by atoms with Crippen LogP contribution in [-0.2, 0) is 43.2 Å². The summed E-state index contributed by atoms with van der Waals surface area (Å²) in [5.74, 6) is -9.56. The summed E-state index contributed by atoms with van der Waals surface area (Å²) in [7, 11) is 0. The summed E-state index contributed by atoms with van der Waals surface area (Å²) < 4.78 is 0. The van der Waals surface area contributed by atoms with Gasteiger partial charge in [-0.25, -0.2) is 0 Å². The fourth-order valence-corrected chi connectivity index (χ4v) is 4.69. The molecule has 0 aromatic heterocycles. The van der Waals surface area contributed by atoms with E-state index in [1.165, 1.54) is 0 Å². The van der Waals surface area contributed by atoms with Gasteiger partial charge in [0.2, 0.25) is 23.6 Å². The molecule has 0 aromatic rings. The van der Waals surface area contributed by atoms with E-state index in [-0.39, 0.29) is 42.9 Å². The third-order valence-corrected chi connectivity index (χ3v) is 7.23. The lowest BCUT2D eigenvalue weighted by Crippen LogP contribution is -2.50. The molecular formula is C22H34N6O13S2. The van der Waals surface area contributed by atoms with Crippen LogP contribution in [-0.4, -0.2) is 128 Å². The van der Waals surface area contributed by atoms with E-state index in [4.69, 9.17) is 31.9 Å². The summed E-state index contributed by atoms with van der Waals surface area (Å²) in [6, 6.07) is -5.34. The average Bonchev–Trinajstić information content (AvgIpc) is 2.93. The Balaban J connectivity index is 5.12. The molecule has 4 atom stereocenters. The second kappa shape index (κ2) is 20.9. The first kappa shape index (κ1) is 39.0. The molecule has 0 saturated carbocycles. The smallest absolute Gasteiger partial charge is 0.322 e. The number of carbonyl (C=O) groups excluding carboxylic acids is 5. The standard InChI is InChI=1S/C22H34N6O13S2/c23-10(21(38)39)1-3-14(29)27-12(19(36)25-5-16(31)32)7-42-9-18(35)43-8-13(20(37)26-6-17(33)34)28-15(30)4-2-11(24)22(40)41/h10-13H,1-9,23-24H2,(H,25,36)(H,26,37)(H,27,29)(H,28,30)(H,31,32)(H,33,34)(H,38,39)(H,40,41)/t10-,11-,12-,13?/m0/s1. The zero-order chi connectivity index (χ0) is 33.1. The number of hydrogen-bond acceptors (Lipinski definition) is 13. The molecule has 0 aliphatic heterocycles. The second-order valence-electron chi connectivity index (χ2n) is 8.63. The van der Waals surface area contributed by atoms with Gasteiger partial charge in [0.05, 0.1) is 5.75 Å². The van der Waals surface area contributed by atoms with E-state index in [9.17, 15) is 43.2 Å². The summed E-state index contributed by atoms with van der Waals surface area (Å²) in [5, 5.41) is 43.4. The Morgan fingerprint density at radius 3 is 1.40 bits per heavy atom. The molecule has 4 amide bonds. The minimum Gasteiger partial charge on any atom is -0.480 e. The quantitative estimate of drug-likeness (QED) is 0.0528. The minimum absolute atomic E-state index is 0.211. The molecule has 0 saturated heterocycles. The van der Waals surface area contributed by atoms with Crippen molar-refractivity contribution in [2.45, 2.75) is 49.9 Å². The highest BCUT2D eigenvalue weighted by Crippen LogP contribution is 2.13. The summed E-state index contributed by atoms with van der Waals surface area (Å²) in [6.45, 7) is -1.53. The van der Waals surface area contributed by atoms with E-state index in [0.29, 0.717) is 11.8 Å². The summed E-state index contributed by atoms with van der Waals surface area (Å²) >= 11 is 1.44. The van der Waals surface area contributed by atoms with Gasteiger partial charge in [0.15, 0.2) is 5.12 Å². The zero-order valence-electron chi connectivity index (χ0n) is 22.6. The van der Waals surface area contributed by atoms with Crippen LogP contribution in [0, 0.1) is 0 Å². The van der Waals surface area contributed by atoms with Crippen molar-refractivity contribution in [2.75, 3.05) is 30.3 Å². The maximum Gasteiger partial charge on any atom is 0.322 e. The van der Waals surface area contributed by atoms with Crippen LogP contribution in [0.4, 0.5) is 0 Å². The van der Waals surface area contributed by atoms with Gasteiger partial charge in [-0.1, -0.05) is 11.8 Å². The number of hydrogen-bond donors (Lipinski definition) is 10. The highest BCUT2D eigenvalue weighted by molar-refractivity contribution is 8.15. The Bertz CT molecular complexity index is 1060. The van der Waals surface area contributed by atoms with E-state index in [2.05, 4.69) is 21.3 Å². The molecule has 1 unspecified atom stereocenters. The minimum atomic E-state index is -1.38. The number of carboxylic acids is 4. The normalized spacial score (nSPS) is 13.3. The van der Waals surface area contributed by atoms with Crippen LogP contribution in [0.5, 0.6) is 0 Å². The first-order chi connectivity index (χ1) is 20.0. The van der Waals surface area contributed by atoms with Crippen LogP contribution in [0.2, 0.25) is 0 Å². The molecule has 0 radical (unpaired) electrons. The first-order valence-corrected chi connectivity index (χ1v) is 14.4. The van der Waals surface area contributed by atoms with E-state index in [1.807, 2.05) is 0 Å². The lowest BCUT2D eigenvalue weighted by molar-refractivity contribution is -0.140. The topological polar surface area (TPSA) is 335 Å². The maximum atomic E-state index is 12.4. The predicted molar refractivity (Wildman–Crippen MR) is 150 cm³/mol. The average molecular weight is 655 g/mol. The number of nitrogens with one attached hydrogen (secondary N) is 4. The van der Waals surface area contributed by atoms with Crippen molar-refractivity contribution in [1.29, 1.82) is 0 Å². The Labute approximate surface area is 252 Å². The zero-order valence-corrected chi connectivity index (χ0v) is 24.2. The Morgan fingerprint density at radius 1 is 0.628 bits per heavy atom. The third kappa shape index (κ3) is 19.0. The van der Waals surface area contributed by atoms with Gasteiger partial charge in [-0.2, -0.15) is 11.8 Å². The van der Waals surface area contributed by atoms with Crippen LogP contribution < -0.4 is 32.7 Å². The van der Waals surface area contributed by atoms with E-state index in [1.54, 1.807) is 0 Å². The monoisotopic (exact) mass is 654 g/mol. The van der Waals surface area contributed by atoms with Crippen LogP contribution in [0.15, 0.2) is 0 Å². The number of carboxylic acid groups (broad SMARTS) is 4. The lowest BCUT2D eigenvalue weighted by Gasteiger charge is -2.19. The van der Waals surface area contributed by atoms with Crippen molar-refractivity contribution in [3.63, 3.8) is 0 Å². The van der Waals surface area contributed by atoms with Crippen LogP contribution in [0.1, 0.15) is 25.7 Å². The van der Waals surface area contributed by atoms with Gasteiger partial charge in [-0.3, -0.25) is 43.2 Å². The number of amides is 4. The number of rotatable bonds is 22. The van der Waals surface area contributed by atoms with Gasteiger partial charge in [-0.15, -0.1) is 0 Å². The highest BCUT2D eigenvalue weighted by Gasteiger charge is 2.25. The van der Waals surface area contributed by atoms with Gasteiger partial charge in [-0.05, 0) is 12.8 Å². The number of carbonyl (C=O) groups is 9. The Hall–Kier alpha value is -3.95. The molecule has 43 heavy (non-hydrogen) atoms. The van der Waals surface area contributed by atoms with Crippen molar-refractivity contribution in [3.8, 4) is 0 Å². The van der Waals surface area contributed by atoms with Crippen LogP contribution in [0.25, 0.3) is 0 Å². The van der Waals surface area contributed by atoms with E-state index < -0.39 is 89.9 Å². The summed E-state index contributed by atoms with van der Waals surface area (Å²) in [6.07, 6.45) is -1.21. The number of nitrogens with two attached hydrogens (primary N) is 2. The molecule has 21 heteroatoms. The fraction of sp³-hybridized carbons (Fsp3) is 0.591. The van der Waals surface area contributed by atoms with Crippen LogP contribution in [0.3, 0.4) is 0 Å². The summed E-state index contributed by atoms with van der Waals surface area (Å²) in [4.78, 5) is 105. The molecule has 0 aliphatic rings. The van der Waals surface area contributed by atoms with Crippen molar-refractivity contribution in [1.82, 2.24) is 21.3 Å². The fourth-order valence-electron chi connectivity index (χ4n) is 2.77. The molecule has 0 rings (SSSR count). The number of thioether (sulfide) groups is 2. The van der Waals surface area contributed by atoms with E-state index >= 15 is 0 Å². The Morgan fingerprint density at radius 2 is 1.02 bits per heavy atom. The SMILES string of the molecule is N[C@@H](CCC(=O)NC(CSC(=O)CSC[C@H](NC(=O)CC[C@H](N)C(=O)O)C(=O)NCC(=O)O)C(=O)NCC(=O)O)C(=O)O. The van der Waals surface area contributed by atoms with Crippen molar-refractivity contribution >= 4 is 76.1 Å². The summed E-state index contributed by atoms with van der Waals surface area (Å²) in [5.41, 5.74) is 10.7. The van der Waals surface area contributed by atoms with Gasteiger partial charge < -0.3 is 53.2 Å². The third-order valence-electron chi connectivity index (χ3n) is 5.05. The molecule has 0 spiro atoms. The molecular weight excluding hydrogens is 620 g/mol. The molecule has 242 valence electrons. The molecule has 12 N–H and O–H groups in total. The van der Waals surface area contributed by atoms with E-state index in [0.717, 1.165) is 11.8 Å². The van der Waals surface area contributed by atoms with Crippen LogP contribution >= 0.6 is 23.5 Å². The molecule has 19 nitrogen and oxygen atoms in total. The molecule has 0 heterocycles. The molecule has 0 fully saturated rings. The maximum absolute atomic E-state index is 12.4. The van der Waals surface area contributed by atoms with Gasteiger partial charge >= 0.3 is 23.9 Å².